The Kier molecular flexibility index (Phi) is 6.64. The van der Waals surface area contributed by atoms with E-state index in [4.69, 9.17) is 5.73 Å². The van der Waals surface area contributed by atoms with Crippen molar-refractivity contribution in [3.63, 3.8) is 0 Å². The predicted molar refractivity (Wildman–Crippen MR) is 87.8 cm³/mol. The molecule has 6 heteroatoms. The van der Waals surface area contributed by atoms with Crippen LogP contribution in [0.25, 0.3) is 0 Å². The average Bonchev–Trinajstić information content (AvgIpc) is 2.42. The topological polar surface area (TPSA) is 66.6 Å². The third-order valence-corrected chi connectivity index (χ3v) is 5.30. The molecule has 0 unspecified atom stereocenters. The van der Waals surface area contributed by atoms with Crippen LogP contribution in [0.5, 0.6) is 0 Å². The Morgan fingerprint density at radius 3 is 2.24 bits per heavy atom. The van der Waals surface area contributed by atoms with Crippen LogP contribution in [0.3, 0.4) is 0 Å². The maximum atomic E-state index is 12.7. The van der Waals surface area contributed by atoms with Gasteiger partial charge in [0, 0.05) is 25.3 Å². The Morgan fingerprint density at radius 2 is 1.76 bits per heavy atom. The molecule has 0 amide bonds. The number of sulfonamides is 1. The summed E-state index contributed by atoms with van der Waals surface area (Å²) in [6.07, 6.45) is 1.58. The van der Waals surface area contributed by atoms with Gasteiger partial charge in [0.15, 0.2) is 0 Å². The van der Waals surface area contributed by atoms with E-state index in [2.05, 4.69) is 0 Å². The van der Waals surface area contributed by atoms with Crippen molar-refractivity contribution in [2.45, 2.75) is 31.6 Å². The molecule has 0 aliphatic heterocycles. The standard InChI is InChI=1S/C15H27N3O2S/c1-5-9-18(11-10-17(3)4)21(19,20)14-8-7-13(6-2)15(16)12-14/h7-8,12H,5-6,9-11,16H2,1-4H3. The van der Waals surface area contributed by atoms with Crippen LogP contribution < -0.4 is 5.73 Å². The molecule has 2 N–H and O–H groups in total. The van der Waals surface area contributed by atoms with E-state index in [1.54, 1.807) is 18.2 Å². The molecule has 120 valence electrons. The second-order valence-electron chi connectivity index (χ2n) is 5.42. The molecular weight excluding hydrogens is 286 g/mol. The van der Waals surface area contributed by atoms with E-state index in [-0.39, 0.29) is 4.90 Å². The lowest BCUT2D eigenvalue weighted by Gasteiger charge is -2.23. The molecule has 0 saturated carbocycles. The molecule has 5 nitrogen and oxygen atoms in total. The fourth-order valence-corrected chi connectivity index (χ4v) is 3.68. The van der Waals surface area contributed by atoms with Crippen molar-refractivity contribution in [3.8, 4) is 0 Å². The summed E-state index contributed by atoms with van der Waals surface area (Å²) in [5.41, 5.74) is 7.45. The maximum Gasteiger partial charge on any atom is 0.243 e. The van der Waals surface area contributed by atoms with Crippen molar-refractivity contribution in [1.82, 2.24) is 9.21 Å². The minimum atomic E-state index is -3.48. The van der Waals surface area contributed by atoms with Crippen molar-refractivity contribution < 1.29 is 8.42 Å². The zero-order valence-corrected chi connectivity index (χ0v) is 14.3. The van der Waals surface area contributed by atoms with Gasteiger partial charge in [0.05, 0.1) is 4.90 Å². The zero-order chi connectivity index (χ0) is 16.0. The van der Waals surface area contributed by atoms with Gasteiger partial charge in [0.2, 0.25) is 10.0 Å². The highest BCUT2D eigenvalue weighted by atomic mass is 32.2. The molecule has 0 spiro atoms. The highest BCUT2D eigenvalue weighted by molar-refractivity contribution is 7.89. The molecule has 0 aromatic heterocycles. The zero-order valence-electron chi connectivity index (χ0n) is 13.5. The number of rotatable bonds is 8. The highest BCUT2D eigenvalue weighted by Gasteiger charge is 2.24. The first-order valence-electron chi connectivity index (χ1n) is 7.36. The molecule has 0 heterocycles. The first-order chi connectivity index (χ1) is 9.82. The van der Waals surface area contributed by atoms with Gasteiger partial charge in [-0.25, -0.2) is 8.42 Å². The number of anilines is 1. The third kappa shape index (κ3) is 4.69. The van der Waals surface area contributed by atoms with Crippen LogP contribution in [-0.2, 0) is 16.4 Å². The Hall–Kier alpha value is -1.11. The van der Waals surface area contributed by atoms with Crippen LogP contribution in [-0.4, -0.2) is 51.4 Å². The van der Waals surface area contributed by atoms with Gasteiger partial charge in [-0.1, -0.05) is 19.9 Å². The van der Waals surface area contributed by atoms with Gasteiger partial charge in [-0.05, 0) is 44.6 Å². The van der Waals surface area contributed by atoms with Crippen LogP contribution in [0.4, 0.5) is 5.69 Å². The van der Waals surface area contributed by atoms with E-state index in [1.165, 1.54) is 4.31 Å². The first kappa shape index (κ1) is 17.9. The second kappa shape index (κ2) is 7.77. The normalized spacial score (nSPS) is 12.3. The summed E-state index contributed by atoms with van der Waals surface area (Å²) in [6, 6.07) is 5.04. The number of nitrogens with two attached hydrogens (primary N) is 1. The Labute approximate surface area is 128 Å². The minimum absolute atomic E-state index is 0.282. The van der Waals surface area contributed by atoms with Gasteiger partial charge >= 0.3 is 0 Å². The predicted octanol–water partition coefficient (Wildman–Crippen LogP) is 1.79. The maximum absolute atomic E-state index is 12.7. The molecule has 21 heavy (non-hydrogen) atoms. The molecule has 0 fully saturated rings. The van der Waals surface area contributed by atoms with Gasteiger partial charge in [0.25, 0.3) is 0 Å². The fraction of sp³-hybridized carbons (Fsp3) is 0.600. The number of hydrogen-bond acceptors (Lipinski definition) is 4. The van der Waals surface area contributed by atoms with E-state index < -0.39 is 10.0 Å². The summed E-state index contributed by atoms with van der Waals surface area (Å²) in [5.74, 6) is 0. The Balaban J connectivity index is 3.07. The molecule has 1 rings (SSSR count). The smallest absolute Gasteiger partial charge is 0.243 e. The van der Waals surface area contributed by atoms with Crippen LogP contribution in [0.1, 0.15) is 25.8 Å². The summed E-state index contributed by atoms with van der Waals surface area (Å²) in [4.78, 5) is 2.26. The van der Waals surface area contributed by atoms with Gasteiger partial charge < -0.3 is 10.6 Å². The van der Waals surface area contributed by atoms with E-state index in [0.29, 0.717) is 25.3 Å². The number of likely N-dealkylation sites (N-methyl/N-ethyl adjacent to an activating group) is 1. The second-order valence-corrected chi connectivity index (χ2v) is 7.36. The van der Waals surface area contributed by atoms with Crippen LogP contribution in [0.2, 0.25) is 0 Å². The number of hydrogen-bond donors (Lipinski definition) is 1. The van der Waals surface area contributed by atoms with Crippen molar-refractivity contribution in [2.24, 2.45) is 0 Å². The number of benzene rings is 1. The number of nitrogens with zero attached hydrogens (tertiary/aromatic N) is 2. The van der Waals surface area contributed by atoms with E-state index >= 15 is 0 Å². The van der Waals surface area contributed by atoms with E-state index in [9.17, 15) is 8.42 Å². The van der Waals surface area contributed by atoms with Gasteiger partial charge in [-0.2, -0.15) is 4.31 Å². The minimum Gasteiger partial charge on any atom is -0.398 e. The highest BCUT2D eigenvalue weighted by Crippen LogP contribution is 2.22. The van der Waals surface area contributed by atoms with Crippen molar-refractivity contribution in [3.05, 3.63) is 23.8 Å². The van der Waals surface area contributed by atoms with Gasteiger partial charge in [-0.15, -0.1) is 0 Å². The van der Waals surface area contributed by atoms with Gasteiger partial charge in [-0.3, -0.25) is 0 Å². The molecule has 0 atom stereocenters. The van der Waals surface area contributed by atoms with Gasteiger partial charge in [0.1, 0.15) is 0 Å². The average molecular weight is 313 g/mol. The third-order valence-electron chi connectivity index (χ3n) is 3.41. The summed E-state index contributed by atoms with van der Waals surface area (Å²) in [5, 5.41) is 0. The van der Waals surface area contributed by atoms with E-state index in [1.807, 2.05) is 32.8 Å². The van der Waals surface area contributed by atoms with Crippen molar-refractivity contribution >= 4 is 15.7 Å². The van der Waals surface area contributed by atoms with Crippen LogP contribution >= 0.6 is 0 Å². The Bertz CT molecular complexity index is 556. The first-order valence-corrected chi connectivity index (χ1v) is 8.80. The lowest BCUT2D eigenvalue weighted by molar-refractivity contribution is 0.333. The Morgan fingerprint density at radius 1 is 1.10 bits per heavy atom. The lowest BCUT2D eigenvalue weighted by atomic mass is 10.1. The van der Waals surface area contributed by atoms with Crippen LogP contribution in [0, 0.1) is 0 Å². The molecule has 1 aromatic rings. The molecule has 0 aliphatic carbocycles. The van der Waals surface area contributed by atoms with Crippen LogP contribution in [0.15, 0.2) is 23.1 Å². The van der Waals surface area contributed by atoms with E-state index in [0.717, 1.165) is 18.4 Å². The quantitative estimate of drug-likeness (QED) is 0.743. The largest absolute Gasteiger partial charge is 0.398 e. The van der Waals surface area contributed by atoms with Crippen molar-refractivity contribution in [2.75, 3.05) is 39.5 Å². The molecule has 0 saturated heterocycles. The molecule has 0 radical (unpaired) electrons. The summed E-state index contributed by atoms with van der Waals surface area (Å²) in [6.45, 7) is 5.68. The monoisotopic (exact) mass is 313 g/mol. The molecular formula is C15H27N3O2S. The van der Waals surface area contributed by atoms with Crippen molar-refractivity contribution in [1.29, 1.82) is 0 Å². The summed E-state index contributed by atoms with van der Waals surface area (Å²) in [7, 11) is 0.391. The SMILES string of the molecule is CCCN(CCN(C)C)S(=O)(=O)c1ccc(CC)c(N)c1. The fourth-order valence-electron chi connectivity index (χ4n) is 2.12. The number of nitrogen functional groups attached to an aromatic ring is 1. The lowest BCUT2D eigenvalue weighted by Crippen LogP contribution is -2.37. The summed E-state index contributed by atoms with van der Waals surface area (Å²) >= 11 is 0. The molecule has 1 aromatic carbocycles. The molecule has 0 bridgehead atoms. The summed E-state index contributed by atoms with van der Waals surface area (Å²) < 4.78 is 27.0. The number of aryl methyl sites for hydroxylation is 1. The molecule has 0 aliphatic rings.